The summed E-state index contributed by atoms with van der Waals surface area (Å²) in [5, 5.41) is 3.17. The molecule has 1 aliphatic rings. The van der Waals surface area contributed by atoms with Crippen molar-refractivity contribution < 1.29 is 14.3 Å². The van der Waals surface area contributed by atoms with Gasteiger partial charge >= 0.3 is 0 Å². The fourth-order valence-electron chi connectivity index (χ4n) is 2.80. The zero-order valence-corrected chi connectivity index (χ0v) is 14.7. The smallest absolute Gasteiger partial charge is 0.277 e. The number of hydrogen-bond donors (Lipinski definition) is 1. The number of methoxy groups -OCH3 is 1. The molecule has 1 heterocycles. The Kier molecular flexibility index (Phi) is 4.31. The van der Waals surface area contributed by atoms with Crippen LogP contribution in [0.15, 0.2) is 48.2 Å². The molecule has 3 rings (SSSR count). The number of amides is 2. The second-order valence-electron chi connectivity index (χ2n) is 6.02. The maximum absolute atomic E-state index is 12.6. The molecule has 5 nitrogen and oxygen atoms in total. The van der Waals surface area contributed by atoms with E-state index < -0.39 is 0 Å². The summed E-state index contributed by atoms with van der Waals surface area (Å²) in [4.78, 5) is 26.3. The number of carbonyl (C=O) groups is 2. The lowest BCUT2D eigenvalue weighted by Crippen LogP contribution is -2.28. The van der Waals surface area contributed by atoms with Crippen LogP contribution in [0.25, 0.3) is 5.57 Å². The lowest BCUT2D eigenvalue weighted by molar-refractivity contribution is -0.135. The number of likely N-dealkylation sites (N-methyl/N-ethyl adjacent to an activating group) is 1. The van der Waals surface area contributed by atoms with E-state index in [0.717, 1.165) is 21.7 Å². The molecule has 0 aromatic heterocycles. The molecule has 1 N–H and O–H groups in total. The van der Waals surface area contributed by atoms with Crippen molar-refractivity contribution in [3.05, 3.63) is 64.9 Å². The minimum Gasteiger partial charge on any atom is -0.497 e. The summed E-state index contributed by atoms with van der Waals surface area (Å²) in [6.07, 6.45) is 0. The molecule has 2 aromatic rings. The van der Waals surface area contributed by atoms with E-state index in [1.54, 1.807) is 31.4 Å². The Hall–Kier alpha value is -3.08. The van der Waals surface area contributed by atoms with E-state index in [1.807, 2.05) is 32.0 Å². The van der Waals surface area contributed by atoms with Gasteiger partial charge in [-0.3, -0.25) is 14.5 Å². The van der Waals surface area contributed by atoms with E-state index in [9.17, 15) is 9.59 Å². The number of carbonyl (C=O) groups excluding carboxylic acids is 2. The Morgan fingerprint density at radius 1 is 0.960 bits per heavy atom. The van der Waals surface area contributed by atoms with Crippen molar-refractivity contribution in [1.29, 1.82) is 0 Å². The van der Waals surface area contributed by atoms with E-state index in [0.29, 0.717) is 22.6 Å². The number of rotatable bonds is 4. The van der Waals surface area contributed by atoms with Gasteiger partial charge in [0.05, 0.1) is 12.7 Å². The van der Waals surface area contributed by atoms with Crippen LogP contribution in [0.1, 0.15) is 16.7 Å². The zero-order valence-electron chi connectivity index (χ0n) is 14.7. The number of nitrogens with one attached hydrogen (secondary N) is 1. The second kappa shape index (κ2) is 6.43. The fraction of sp³-hybridized carbons (Fsp3) is 0.200. The first-order chi connectivity index (χ1) is 11.9. The third kappa shape index (κ3) is 2.89. The van der Waals surface area contributed by atoms with Gasteiger partial charge in [0.15, 0.2) is 0 Å². The Labute approximate surface area is 146 Å². The van der Waals surface area contributed by atoms with Gasteiger partial charge in [-0.15, -0.1) is 0 Å². The van der Waals surface area contributed by atoms with Crippen molar-refractivity contribution in [3.8, 4) is 5.75 Å². The maximum Gasteiger partial charge on any atom is 0.277 e. The molecule has 0 fully saturated rings. The van der Waals surface area contributed by atoms with Crippen LogP contribution >= 0.6 is 0 Å². The van der Waals surface area contributed by atoms with Crippen LogP contribution in [0.2, 0.25) is 0 Å². The first-order valence-corrected chi connectivity index (χ1v) is 7.98. The molecule has 0 spiro atoms. The van der Waals surface area contributed by atoms with Crippen molar-refractivity contribution in [2.45, 2.75) is 13.8 Å². The van der Waals surface area contributed by atoms with Crippen molar-refractivity contribution in [2.75, 3.05) is 19.5 Å². The van der Waals surface area contributed by atoms with Crippen LogP contribution in [-0.4, -0.2) is 30.9 Å². The molecule has 0 saturated heterocycles. The lowest BCUT2D eigenvalue weighted by Gasteiger charge is -2.13. The predicted molar refractivity (Wildman–Crippen MR) is 97.2 cm³/mol. The van der Waals surface area contributed by atoms with E-state index in [4.69, 9.17) is 4.74 Å². The number of aryl methyl sites for hydroxylation is 1. The summed E-state index contributed by atoms with van der Waals surface area (Å²) in [6, 6.07) is 12.9. The summed E-state index contributed by atoms with van der Waals surface area (Å²) in [6.45, 7) is 3.99. The molecule has 0 atom stereocenters. The van der Waals surface area contributed by atoms with Crippen LogP contribution in [0, 0.1) is 13.8 Å². The Morgan fingerprint density at radius 2 is 1.64 bits per heavy atom. The number of anilines is 1. The van der Waals surface area contributed by atoms with Crippen molar-refractivity contribution >= 4 is 23.1 Å². The molecular weight excluding hydrogens is 316 g/mol. The average molecular weight is 336 g/mol. The molecule has 1 aliphatic heterocycles. The van der Waals surface area contributed by atoms with Crippen LogP contribution in [0.4, 0.5) is 5.69 Å². The van der Waals surface area contributed by atoms with E-state index in [-0.39, 0.29) is 11.8 Å². The Bertz CT molecular complexity index is 882. The third-order valence-electron chi connectivity index (χ3n) is 4.53. The van der Waals surface area contributed by atoms with Gasteiger partial charge in [-0.2, -0.15) is 0 Å². The fourth-order valence-corrected chi connectivity index (χ4v) is 2.80. The average Bonchev–Trinajstić information content (AvgIpc) is 2.83. The second-order valence-corrected chi connectivity index (χ2v) is 6.02. The maximum atomic E-state index is 12.6. The van der Waals surface area contributed by atoms with Crippen LogP contribution in [0.3, 0.4) is 0 Å². The lowest BCUT2D eigenvalue weighted by atomic mass is 10.0. The third-order valence-corrected chi connectivity index (χ3v) is 4.53. The molecule has 5 heteroatoms. The van der Waals surface area contributed by atoms with E-state index >= 15 is 0 Å². The molecule has 0 unspecified atom stereocenters. The van der Waals surface area contributed by atoms with Gasteiger partial charge in [-0.25, -0.2) is 0 Å². The molecule has 0 bridgehead atoms. The van der Waals surface area contributed by atoms with Gasteiger partial charge in [0.2, 0.25) is 0 Å². The molecule has 128 valence electrons. The van der Waals surface area contributed by atoms with Gasteiger partial charge in [0.1, 0.15) is 11.4 Å². The quantitative estimate of drug-likeness (QED) is 0.872. The zero-order chi connectivity index (χ0) is 18.1. The predicted octanol–water partition coefficient (Wildman–Crippen LogP) is 3.13. The van der Waals surface area contributed by atoms with Crippen LogP contribution in [0.5, 0.6) is 5.75 Å². The van der Waals surface area contributed by atoms with Gasteiger partial charge < -0.3 is 10.1 Å². The van der Waals surface area contributed by atoms with Gasteiger partial charge in [-0.1, -0.05) is 24.3 Å². The minimum absolute atomic E-state index is 0.298. The molecular formula is C20H20N2O3. The van der Waals surface area contributed by atoms with Crippen molar-refractivity contribution in [2.24, 2.45) is 0 Å². The highest BCUT2D eigenvalue weighted by molar-refractivity contribution is 6.36. The summed E-state index contributed by atoms with van der Waals surface area (Å²) < 4.78 is 5.16. The summed E-state index contributed by atoms with van der Waals surface area (Å²) in [5.74, 6) is 0.0400. The van der Waals surface area contributed by atoms with Crippen molar-refractivity contribution in [3.63, 3.8) is 0 Å². The number of hydrogen-bond acceptors (Lipinski definition) is 4. The number of ether oxygens (including phenoxy) is 1. The molecule has 0 aliphatic carbocycles. The normalized spacial score (nSPS) is 14.3. The van der Waals surface area contributed by atoms with Gasteiger partial charge in [0.25, 0.3) is 11.8 Å². The standard InChI is InChI=1S/C20H20N2O3/c1-12-6-5-7-16(13(12)2)21-18-17(19(23)22(3)20(18)24)14-8-10-15(25-4)11-9-14/h5-11,21H,1-4H3. The molecule has 0 saturated carbocycles. The highest BCUT2D eigenvalue weighted by atomic mass is 16.5. The topological polar surface area (TPSA) is 58.6 Å². The largest absolute Gasteiger partial charge is 0.497 e. The molecule has 0 radical (unpaired) electrons. The molecule has 2 amide bonds. The minimum atomic E-state index is -0.336. The van der Waals surface area contributed by atoms with Crippen molar-refractivity contribution in [1.82, 2.24) is 4.90 Å². The molecule has 2 aromatic carbocycles. The highest BCUT2D eigenvalue weighted by Gasteiger charge is 2.36. The Morgan fingerprint density at radius 3 is 2.28 bits per heavy atom. The number of benzene rings is 2. The Balaban J connectivity index is 2.09. The van der Waals surface area contributed by atoms with Gasteiger partial charge in [0, 0.05) is 12.7 Å². The number of nitrogens with zero attached hydrogens (tertiary/aromatic N) is 1. The van der Waals surface area contributed by atoms with Crippen LogP contribution < -0.4 is 10.1 Å². The number of imide groups is 1. The van der Waals surface area contributed by atoms with Crippen LogP contribution in [-0.2, 0) is 9.59 Å². The molecule has 25 heavy (non-hydrogen) atoms. The summed E-state index contributed by atoms with van der Waals surface area (Å²) >= 11 is 0. The SMILES string of the molecule is COc1ccc(C2=C(Nc3cccc(C)c3C)C(=O)N(C)C2=O)cc1. The first-order valence-electron chi connectivity index (χ1n) is 7.98. The van der Waals surface area contributed by atoms with E-state index in [1.165, 1.54) is 7.05 Å². The first kappa shape index (κ1) is 16.8. The summed E-state index contributed by atoms with van der Waals surface area (Å²) in [5.41, 5.74) is 4.32. The van der Waals surface area contributed by atoms with E-state index in [2.05, 4.69) is 5.32 Å². The highest BCUT2D eigenvalue weighted by Crippen LogP contribution is 2.31. The monoisotopic (exact) mass is 336 g/mol. The summed E-state index contributed by atoms with van der Waals surface area (Å²) in [7, 11) is 3.08. The van der Waals surface area contributed by atoms with Gasteiger partial charge in [-0.05, 0) is 48.7 Å².